The Morgan fingerprint density at radius 1 is 1.29 bits per heavy atom. The highest BCUT2D eigenvalue weighted by Crippen LogP contribution is 2.61. The molecule has 0 aromatic rings. The van der Waals surface area contributed by atoms with E-state index in [-0.39, 0.29) is 0 Å². The van der Waals surface area contributed by atoms with Crippen molar-refractivity contribution in [1.29, 1.82) is 0 Å². The zero-order chi connectivity index (χ0) is 13.1. The van der Waals surface area contributed by atoms with E-state index in [1.54, 1.807) is 0 Å². The second-order valence-electron chi connectivity index (χ2n) is 6.60. The van der Waals surface area contributed by atoms with Crippen LogP contribution in [0.25, 0.3) is 0 Å². The highest BCUT2D eigenvalue weighted by Gasteiger charge is 2.55. The van der Waals surface area contributed by atoms with Gasteiger partial charge in [-0.1, -0.05) is 53.9 Å². The maximum absolute atomic E-state index is 3.44. The molecule has 0 bridgehead atoms. The average molecular weight is 239 g/mol. The summed E-state index contributed by atoms with van der Waals surface area (Å²) in [6, 6.07) is 0. The molecule has 0 aromatic carbocycles. The zero-order valence-electron chi connectivity index (χ0n) is 12.8. The van der Waals surface area contributed by atoms with Gasteiger partial charge in [0.15, 0.2) is 0 Å². The van der Waals surface area contributed by atoms with Gasteiger partial charge in [-0.3, -0.25) is 0 Å². The molecule has 1 N–H and O–H groups in total. The summed E-state index contributed by atoms with van der Waals surface area (Å²) in [5.74, 6) is 3.56. The molecule has 0 radical (unpaired) electrons. The predicted molar refractivity (Wildman–Crippen MR) is 77.2 cm³/mol. The fraction of sp³-hybridized carbons (Fsp3) is 1.00. The average Bonchev–Trinajstić information content (AvgIpc) is 2.96. The Labute approximate surface area is 109 Å². The Balaban J connectivity index is 2.66. The van der Waals surface area contributed by atoms with Gasteiger partial charge in [-0.15, -0.1) is 0 Å². The first-order valence-corrected chi connectivity index (χ1v) is 7.65. The Morgan fingerprint density at radius 3 is 2.41 bits per heavy atom. The molecule has 0 amide bonds. The van der Waals surface area contributed by atoms with Crippen LogP contribution in [0, 0.1) is 29.1 Å². The van der Waals surface area contributed by atoms with Gasteiger partial charge in [0.05, 0.1) is 0 Å². The van der Waals surface area contributed by atoms with Gasteiger partial charge in [0.25, 0.3) is 0 Å². The summed E-state index contributed by atoms with van der Waals surface area (Å²) in [5, 5.41) is 3.44. The van der Waals surface area contributed by atoms with Gasteiger partial charge >= 0.3 is 0 Å². The van der Waals surface area contributed by atoms with Crippen LogP contribution in [-0.4, -0.2) is 13.6 Å². The van der Waals surface area contributed by atoms with Crippen LogP contribution in [0.1, 0.15) is 60.3 Å². The van der Waals surface area contributed by atoms with Crippen molar-refractivity contribution in [2.24, 2.45) is 29.1 Å². The van der Waals surface area contributed by atoms with Crippen molar-refractivity contribution in [2.75, 3.05) is 13.6 Å². The molecule has 0 aromatic heterocycles. The van der Waals surface area contributed by atoms with Gasteiger partial charge in [0.2, 0.25) is 0 Å². The summed E-state index contributed by atoms with van der Waals surface area (Å²) in [5.41, 5.74) is 0.627. The monoisotopic (exact) mass is 239 g/mol. The molecule has 0 spiro atoms. The van der Waals surface area contributed by atoms with Gasteiger partial charge < -0.3 is 5.32 Å². The standard InChI is InChI=1S/C16H33N/c1-7-9-14-10-16(14,5)15(11-17-6)13(4)12(3)8-2/h12-15,17H,7-11H2,1-6H3/t12-,13+,14?,15?,16?/m0/s1. The van der Waals surface area contributed by atoms with E-state index in [4.69, 9.17) is 0 Å². The van der Waals surface area contributed by atoms with Gasteiger partial charge in [-0.05, 0) is 49.1 Å². The van der Waals surface area contributed by atoms with Gasteiger partial charge in [-0.25, -0.2) is 0 Å². The maximum Gasteiger partial charge on any atom is -0.00156 e. The molecule has 1 aliphatic rings. The lowest BCUT2D eigenvalue weighted by molar-refractivity contribution is 0.160. The third-order valence-electron chi connectivity index (χ3n) is 5.54. The molecule has 5 atom stereocenters. The summed E-state index contributed by atoms with van der Waals surface area (Å²) in [6.45, 7) is 13.3. The zero-order valence-corrected chi connectivity index (χ0v) is 12.8. The lowest BCUT2D eigenvalue weighted by Gasteiger charge is -2.34. The largest absolute Gasteiger partial charge is 0.319 e. The molecular formula is C16H33N. The van der Waals surface area contributed by atoms with Gasteiger partial charge in [-0.2, -0.15) is 0 Å². The third-order valence-corrected chi connectivity index (χ3v) is 5.54. The van der Waals surface area contributed by atoms with E-state index < -0.39 is 0 Å². The van der Waals surface area contributed by atoms with Crippen LogP contribution in [0.2, 0.25) is 0 Å². The molecule has 1 heteroatoms. The molecule has 0 saturated heterocycles. The highest BCUT2D eigenvalue weighted by molar-refractivity contribution is 5.04. The molecule has 3 unspecified atom stereocenters. The number of rotatable bonds is 8. The van der Waals surface area contributed by atoms with Crippen molar-refractivity contribution in [2.45, 2.75) is 60.3 Å². The Hall–Kier alpha value is -0.0400. The minimum absolute atomic E-state index is 0.627. The van der Waals surface area contributed by atoms with E-state index >= 15 is 0 Å². The SMILES string of the molecule is CCCC1CC1(C)C(CNC)[C@H](C)[C@@H](C)CC. The van der Waals surface area contributed by atoms with Crippen LogP contribution in [0.5, 0.6) is 0 Å². The maximum atomic E-state index is 3.44. The molecular weight excluding hydrogens is 206 g/mol. The Kier molecular flexibility index (Phi) is 5.50. The van der Waals surface area contributed by atoms with Crippen molar-refractivity contribution in [1.82, 2.24) is 5.32 Å². The van der Waals surface area contributed by atoms with Crippen LogP contribution in [0.4, 0.5) is 0 Å². The normalized spacial score (nSPS) is 33.2. The molecule has 1 nitrogen and oxygen atoms in total. The fourth-order valence-electron chi connectivity index (χ4n) is 3.71. The van der Waals surface area contributed by atoms with E-state index in [0.29, 0.717) is 5.41 Å². The van der Waals surface area contributed by atoms with Crippen LogP contribution < -0.4 is 5.32 Å². The summed E-state index contributed by atoms with van der Waals surface area (Å²) in [4.78, 5) is 0. The Bertz CT molecular complexity index is 226. The molecule has 1 saturated carbocycles. The van der Waals surface area contributed by atoms with E-state index in [0.717, 1.165) is 23.7 Å². The molecule has 17 heavy (non-hydrogen) atoms. The molecule has 102 valence electrons. The summed E-state index contributed by atoms with van der Waals surface area (Å²) >= 11 is 0. The highest BCUT2D eigenvalue weighted by atomic mass is 14.8. The lowest BCUT2D eigenvalue weighted by atomic mass is 9.73. The molecule has 0 heterocycles. The first-order valence-electron chi connectivity index (χ1n) is 7.65. The van der Waals surface area contributed by atoms with Crippen molar-refractivity contribution in [3.05, 3.63) is 0 Å². The smallest absolute Gasteiger partial charge is 0.00156 e. The van der Waals surface area contributed by atoms with Crippen molar-refractivity contribution < 1.29 is 0 Å². The minimum Gasteiger partial charge on any atom is -0.319 e. The fourth-order valence-corrected chi connectivity index (χ4v) is 3.71. The first-order chi connectivity index (χ1) is 8.01. The number of nitrogens with one attached hydrogen (secondary N) is 1. The van der Waals surface area contributed by atoms with E-state index in [1.807, 2.05) is 0 Å². The Morgan fingerprint density at radius 2 is 1.94 bits per heavy atom. The summed E-state index contributed by atoms with van der Waals surface area (Å²) < 4.78 is 0. The number of hydrogen-bond donors (Lipinski definition) is 1. The van der Waals surface area contributed by atoms with Gasteiger partial charge in [0, 0.05) is 0 Å². The third kappa shape index (κ3) is 3.24. The van der Waals surface area contributed by atoms with Crippen LogP contribution in [0.3, 0.4) is 0 Å². The second kappa shape index (κ2) is 6.22. The van der Waals surface area contributed by atoms with E-state index in [2.05, 4.69) is 47.0 Å². The van der Waals surface area contributed by atoms with Crippen molar-refractivity contribution >= 4 is 0 Å². The summed E-state index contributed by atoms with van der Waals surface area (Å²) in [6.07, 6.45) is 5.57. The minimum atomic E-state index is 0.627. The van der Waals surface area contributed by atoms with Gasteiger partial charge in [0.1, 0.15) is 0 Å². The first kappa shape index (κ1) is 15.0. The number of hydrogen-bond acceptors (Lipinski definition) is 1. The topological polar surface area (TPSA) is 12.0 Å². The summed E-state index contributed by atoms with van der Waals surface area (Å²) in [7, 11) is 2.11. The molecule has 1 aliphatic carbocycles. The van der Waals surface area contributed by atoms with Crippen molar-refractivity contribution in [3.63, 3.8) is 0 Å². The quantitative estimate of drug-likeness (QED) is 0.665. The van der Waals surface area contributed by atoms with E-state index in [1.165, 1.54) is 32.2 Å². The second-order valence-corrected chi connectivity index (χ2v) is 6.60. The molecule has 1 fully saturated rings. The molecule has 1 rings (SSSR count). The predicted octanol–water partition coefficient (Wildman–Crippen LogP) is 4.33. The van der Waals surface area contributed by atoms with Crippen LogP contribution >= 0.6 is 0 Å². The van der Waals surface area contributed by atoms with Crippen LogP contribution in [-0.2, 0) is 0 Å². The van der Waals surface area contributed by atoms with Crippen LogP contribution in [0.15, 0.2) is 0 Å². The molecule has 0 aliphatic heterocycles. The van der Waals surface area contributed by atoms with E-state index in [9.17, 15) is 0 Å². The lowest BCUT2D eigenvalue weighted by Crippen LogP contribution is -2.34. The van der Waals surface area contributed by atoms with Crippen molar-refractivity contribution in [3.8, 4) is 0 Å².